The molecule has 2 aliphatic rings. The minimum Gasteiger partial charge on any atom is -0.372 e. The van der Waals surface area contributed by atoms with Crippen molar-refractivity contribution < 1.29 is 14.3 Å². The summed E-state index contributed by atoms with van der Waals surface area (Å²) in [5.41, 5.74) is 4.66. The van der Waals surface area contributed by atoms with Crippen molar-refractivity contribution in [1.82, 2.24) is 0 Å². The Morgan fingerprint density at radius 1 is 1.14 bits per heavy atom. The lowest BCUT2D eigenvalue weighted by Gasteiger charge is -2.32. The van der Waals surface area contributed by atoms with Gasteiger partial charge in [-0.1, -0.05) is 61.9 Å². The standard InChI is InChI=1S/C29H32N2O3S2/c1-18(2)24-14-22-25(16-34-24)36-29-27(22)28(33)31(21-12-10-19(3)11-13-21)26(15-30(29)4)35-17-23(32)20-8-6-5-7-9-20/h5-13,18,24,26H,14-17H2,1-4H3. The second-order valence-corrected chi connectivity index (χ2v) is 12.2. The lowest BCUT2D eigenvalue weighted by Crippen LogP contribution is -2.43. The quantitative estimate of drug-likeness (QED) is 0.363. The zero-order chi connectivity index (χ0) is 25.4. The number of hydrogen-bond acceptors (Lipinski definition) is 6. The summed E-state index contributed by atoms with van der Waals surface area (Å²) < 4.78 is 6.12. The van der Waals surface area contributed by atoms with E-state index in [4.69, 9.17) is 4.74 Å². The van der Waals surface area contributed by atoms with Crippen LogP contribution in [-0.4, -0.2) is 42.5 Å². The maximum atomic E-state index is 14.4. The number of rotatable bonds is 6. The van der Waals surface area contributed by atoms with Crippen LogP contribution in [0.1, 0.15) is 50.6 Å². The molecule has 2 atom stereocenters. The number of ketones is 1. The predicted molar refractivity (Wildman–Crippen MR) is 150 cm³/mol. The first-order valence-corrected chi connectivity index (χ1v) is 14.3. The van der Waals surface area contributed by atoms with Gasteiger partial charge in [0, 0.05) is 36.1 Å². The molecule has 2 aliphatic heterocycles. The molecule has 1 amide bonds. The number of thioether (sulfide) groups is 1. The SMILES string of the molecule is Cc1ccc(N2C(=O)c3c(sc4c3CC(C(C)C)OC4)N(C)CC2SCC(=O)c2ccccc2)cc1. The zero-order valence-corrected chi connectivity index (χ0v) is 22.8. The number of aryl methyl sites for hydroxylation is 1. The molecule has 2 unspecified atom stereocenters. The normalized spacial score (nSPS) is 19.8. The van der Waals surface area contributed by atoms with Crippen LogP contribution in [0.25, 0.3) is 0 Å². The van der Waals surface area contributed by atoms with E-state index >= 15 is 0 Å². The van der Waals surface area contributed by atoms with Crippen molar-refractivity contribution in [3.8, 4) is 0 Å². The smallest absolute Gasteiger partial charge is 0.262 e. The van der Waals surface area contributed by atoms with Crippen molar-refractivity contribution in [2.24, 2.45) is 5.92 Å². The van der Waals surface area contributed by atoms with E-state index in [0.29, 0.717) is 30.4 Å². The third kappa shape index (κ3) is 4.84. The number of fused-ring (bicyclic) bond motifs is 3. The Labute approximate surface area is 221 Å². The molecular formula is C29H32N2O3S2. The van der Waals surface area contributed by atoms with Crippen LogP contribution in [0.5, 0.6) is 0 Å². The van der Waals surface area contributed by atoms with Gasteiger partial charge in [0.1, 0.15) is 10.4 Å². The number of hydrogen-bond donors (Lipinski definition) is 0. The van der Waals surface area contributed by atoms with Crippen molar-refractivity contribution in [2.45, 2.75) is 45.3 Å². The molecule has 7 heteroatoms. The number of benzene rings is 2. The summed E-state index contributed by atoms with van der Waals surface area (Å²) in [6.45, 7) is 7.58. The lowest BCUT2D eigenvalue weighted by molar-refractivity contribution is 0.00151. The van der Waals surface area contributed by atoms with E-state index in [2.05, 4.69) is 25.8 Å². The molecule has 0 spiro atoms. The summed E-state index contributed by atoms with van der Waals surface area (Å²) in [6, 6.07) is 17.5. The van der Waals surface area contributed by atoms with Gasteiger partial charge in [0.25, 0.3) is 5.91 Å². The molecule has 5 nitrogen and oxygen atoms in total. The fraction of sp³-hybridized carbons (Fsp3) is 0.379. The minimum absolute atomic E-state index is 0.0183. The first kappa shape index (κ1) is 25.1. The fourth-order valence-electron chi connectivity index (χ4n) is 4.84. The highest BCUT2D eigenvalue weighted by Gasteiger charge is 2.39. The summed E-state index contributed by atoms with van der Waals surface area (Å²) in [7, 11) is 2.06. The lowest BCUT2D eigenvalue weighted by atomic mass is 9.94. The van der Waals surface area contributed by atoms with Crippen LogP contribution in [0, 0.1) is 12.8 Å². The van der Waals surface area contributed by atoms with Crippen LogP contribution in [0.3, 0.4) is 0 Å². The average Bonchev–Trinajstić information content (AvgIpc) is 3.23. The van der Waals surface area contributed by atoms with Gasteiger partial charge in [-0.25, -0.2) is 0 Å². The Kier molecular flexibility index (Phi) is 7.24. The third-order valence-corrected chi connectivity index (χ3v) is 9.45. The number of carbonyl (C=O) groups excluding carboxylic acids is 2. The summed E-state index contributed by atoms with van der Waals surface area (Å²) in [6.07, 6.45) is 0.865. The highest BCUT2D eigenvalue weighted by atomic mass is 32.2. The predicted octanol–water partition coefficient (Wildman–Crippen LogP) is 6.19. The summed E-state index contributed by atoms with van der Waals surface area (Å²) in [5.74, 6) is 0.790. The van der Waals surface area contributed by atoms with E-state index in [0.717, 1.165) is 38.7 Å². The molecule has 1 aromatic heterocycles. The van der Waals surface area contributed by atoms with Crippen molar-refractivity contribution in [1.29, 1.82) is 0 Å². The summed E-state index contributed by atoms with van der Waals surface area (Å²) >= 11 is 3.22. The third-order valence-electron chi connectivity index (χ3n) is 6.96. The molecule has 0 radical (unpaired) electrons. The average molecular weight is 521 g/mol. The summed E-state index contributed by atoms with van der Waals surface area (Å²) in [5, 5.41) is 0.807. The molecule has 0 aliphatic carbocycles. The second kappa shape index (κ2) is 10.4. The Hall–Kier alpha value is -2.61. The maximum Gasteiger partial charge on any atom is 0.262 e. The maximum absolute atomic E-state index is 14.4. The monoisotopic (exact) mass is 520 g/mol. The topological polar surface area (TPSA) is 49.9 Å². The van der Waals surface area contributed by atoms with Crippen molar-refractivity contribution >= 4 is 45.5 Å². The highest BCUT2D eigenvalue weighted by Crippen LogP contribution is 2.44. The molecule has 2 aromatic carbocycles. The van der Waals surface area contributed by atoms with Crippen LogP contribution in [-0.2, 0) is 17.8 Å². The molecule has 0 saturated heterocycles. The molecular weight excluding hydrogens is 488 g/mol. The minimum atomic E-state index is -0.200. The van der Waals surface area contributed by atoms with E-state index in [9.17, 15) is 9.59 Å². The number of likely N-dealkylation sites (N-methyl/N-ethyl adjacent to an activating group) is 1. The molecule has 3 aromatic rings. The van der Waals surface area contributed by atoms with Crippen LogP contribution >= 0.6 is 23.1 Å². The Morgan fingerprint density at radius 3 is 2.56 bits per heavy atom. The zero-order valence-electron chi connectivity index (χ0n) is 21.2. The van der Waals surface area contributed by atoms with Crippen LogP contribution in [0.4, 0.5) is 10.7 Å². The van der Waals surface area contributed by atoms with Crippen molar-refractivity contribution in [3.63, 3.8) is 0 Å². The van der Waals surface area contributed by atoms with Gasteiger partial charge in [-0.2, -0.15) is 0 Å². The van der Waals surface area contributed by atoms with Gasteiger partial charge >= 0.3 is 0 Å². The van der Waals surface area contributed by atoms with Gasteiger partial charge in [-0.05, 0) is 30.5 Å². The van der Waals surface area contributed by atoms with E-state index in [1.807, 2.05) is 66.4 Å². The van der Waals surface area contributed by atoms with E-state index in [-0.39, 0.29) is 23.2 Å². The first-order valence-electron chi connectivity index (χ1n) is 12.4. The Balaban J connectivity index is 1.51. The van der Waals surface area contributed by atoms with Crippen molar-refractivity contribution in [2.75, 3.05) is 29.1 Å². The number of anilines is 2. The number of nitrogens with zero attached hydrogens (tertiary/aromatic N) is 2. The Morgan fingerprint density at radius 2 is 1.86 bits per heavy atom. The van der Waals surface area contributed by atoms with Gasteiger partial charge in [0.05, 0.1) is 24.0 Å². The van der Waals surface area contributed by atoms with E-state index in [1.54, 1.807) is 11.3 Å². The van der Waals surface area contributed by atoms with E-state index < -0.39 is 0 Å². The molecule has 0 fully saturated rings. The van der Waals surface area contributed by atoms with Crippen molar-refractivity contribution in [3.05, 3.63) is 81.7 Å². The van der Waals surface area contributed by atoms with E-state index in [1.165, 1.54) is 11.8 Å². The van der Waals surface area contributed by atoms with Crippen LogP contribution in [0.15, 0.2) is 54.6 Å². The summed E-state index contributed by atoms with van der Waals surface area (Å²) in [4.78, 5) is 32.6. The van der Waals surface area contributed by atoms with Gasteiger partial charge in [-0.3, -0.25) is 14.5 Å². The molecule has 3 heterocycles. The number of ether oxygens (including phenoxy) is 1. The molecule has 5 rings (SSSR count). The molecule has 36 heavy (non-hydrogen) atoms. The highest BCUT2D eigenvalue weighted by molar-refractivity contribution is 8.00. The van der Waals surface area contributed by atoms with Crippen LogP contribution in [0.2, 0.25) is 0 Å². The van der Waals surface area contributed by atoms with Gasteiger partial charge in [0.15, 0.2) is 5.78 Å². The van der Waals surface area contributed by atoms with Crippen LogP contribution < -0.4 is 9.80 Å². The number of thiophene rings is 1. The number of carbonyl (C=O) groups is 2. The second-order valence-electron chi connectivity index (χ2n) is 9.93. The number of amides is 1. The molecule has 0 saturated carbocycles. The molecule has 188 valence electrons. The molecule has 0 bridgehead atoms. The number of Topliss-reactive ketones (excluding diaryl/α,β-unsaturated/α-hetero) is 1. The molecule has 0 N–H and O–H groups in total. The van der Waals surface area contributed by atoms with Gasteiger partial charge < -0.3 is 9.64 Å². The largest absolute Gasteiger partial charge is 0.372 e. The fourth-order valence-corrected chi connectivity index (χ4v) is 7.25. The van der Waals surface area contributed by atoms with Gasteiger partial charge in [0.2, 0.25) is 0 Å². The first-order chi connectivity index (χ1) is 17.3. The van der Waals surface area contributed by atoms with Gasteiger partial charge in [-0.15, -0.1) is 23.1 Å². The Bertz CT molecular complexity index is 1250.